The Bertz CT molecular complexity index is 695. The first-order valence-corrected chi connectivity index (χ1v) is 6.67. The zero-order valence-electron chi connectivity index (χ0n) is 11.3. The fraction of sp³-hybridized carbons (Fsp3) is 0.188. The van der Waals surface area contributed by atoms with Crippen molar-refractivity contribution in [2.45, 2.75) is 19.6 Å². The smallest absolute Gasteiger partial charge is 0.125 e. The van der Waals surface area contributed by atoms with E-state index in [0.29, 0.717) is 21.9 Å². The monoisotopic (exact) mass is 305 g/mol. The van der Waals surface area contributed by atoms with E-state index in [-0.39, 0.29) is 12.2 Å². The third-order valence-corrected chi connectivity index (χ3v) is 3.14. The molecule has 0 aliphatic rings. The molecule has 108 valence electrons. The second kappa shape index (κ2) is 6.57. The zero-order valence-corrected chi connectivity index (χ0v) is 12.1. The van der Waals surface area contributed by atoms with Gasteiger partial charge in [0, 0.05) is 10.6 Å². The summed E-state index contributed by atoms with van der Waals surface area (Å²) in [7, 11) is 0. The van der Waals surface area contributed by atoms with Crippen LogP contribution >= 0.6 is 11.6 Å². The van der Waals surface area contributed by atoms with Crippen LogP contribution < -0.4 is 4.74 Å². The van der Waals surface area contributed by atoms with Crippen molar-refractivity contribution < 1.29 is 14.2 Å². The van der Waals surface area contributed by atoms with E-state index < -0.39 is 11.9 Å². The molecule has 2 rings (SSSR count). The number of benzene rings is 2. The minimum Gasteiger partial charge on any atom is -0.489 e. The summed E-state index contributed by atoms with van der Waals surface area (Å²) in [4.78, 5) is 0. The van der Waals surface area contributed by atoms with E-state index in [9.17, 15) is 9.50 Å². The van der Waals surface area contributed by atoms with Crippen LogP contribution in [0.25, 0.3) is 0 Å². The highest BCUT2D eigenvalue weighted by Gasteiger charge is 2.10. The van der Waals surface area contributed by atoms with Gasteiger partial charge in [-0.15, -0.1) is 0 Å². The fourth-order valence-electron chi connectivity index (χ4n) is 1.94. The molecule has 0 spiro atoms. The highest BCUT2D eigenvalue weighted by molar-refractivity contribution is 6.30. The number of nitrogens with zero attached hydrogens (tertiary/aromatic N) is 1. The third-order valence-electron chi connectivity index (χ3n) is 2.90. The van der Waals surface area contributed by atoms with Crippen LogP contribution in [0.2, 0.25) is 5.02 Å². The molecule has 5 heteroatoms. The van der Waals surface area contributed by atoms with Crippen LogP contribution in [0.4, 0.5) is 4.39 Å². The molecule has 2 aromatic carbocycles. The predicted molar refractivity (Wildman–Crippen MR) is 77.5 cm³/mol. The molecule has 0 radical (unpaired) electrons. The Morgan fingerprint density at radius 2 is 2.10 bits per heavy atom. The molecule has 0 amide bonds. The number of aliphatic hydroxyl groups is 1. The van der Waals surface area contributed by atoms with E-state index in [1.165, 1.54) is 6.07 Å². The van der Waals surface area contributed by atoms with Crippen molar-refractivity contribution in [3.8, 4) is 11.8 Å². The van der Waals surface area contributed by atoms with Crippen LogP contribution in [-0.2, 0) is 6.61 Å². The Hall–Kier alpha value is -2.09. The first kappa shape index (κ1) is 15.3. The number of hydrogen-bond donors (Lipinski definition) is 1. The first-order chi connectivity index (χ1) is 9.99. The van der Waals surface area contributed by atoms with Gasteiger partial charge in [-0.25, -0.2) is 4.39 Å². The van der Waals surface area contributed by atoms with E-state index >= 15 is 0 Å². The van der Waals surface area contributed by atoms with Crippen LogP contribution in [0.15, 0.2) is 36.4 Å². The van der Waals surface area contributed by atoms with Gasteiger partial charge in [0.1, 0.15) is 18.2 Å². The van der Waals surface area contributed by atoms with Gasteiger partial charge in [0.2, 0.25) is 0 Å². The molecule has 21 heavy (non-hydrogen) atoms. The standard InChI is InChI=1S/C16H13ClFNO2/c1-10(20)15-7-13(17)2-3-16(15)21-9-12-4-11(8-19)5-14(18)6-12/h2-7,10,20H,9H2,1H3/t10-/m1/s1. The Kier molecular flexibility index (Phi) is 4.79. The maximum Gasteiger partial charge on any atom is 0.125 e. The quantitative estimate of drug-likeness (QED) is 0.929. The summed E-state index contributed by atoms with van der Waals surface area (Å²) in [5.41, 5.74) is 1.33. The number of rotatable bonds is 4. The predicted octanol–water partition coefficient (Wildman–Crippen LogP) is 3.98. The van der Waals surface area contributed by atoms with Crippen molar-refractivity contribution in [1.29, 1.82) is 5.26 Å². The molecule has 0 aliphatic heterocycles. The van der Waals surface area contributed by atoms with Crippen LogP contribution in [0.1, 0.15) is 29.7 Å². The Morgan fingerprint density at radius 3 is 2.76 bits per heavy atom. The Balaban J connectivity index is 2.21. The van der Waals surface area contributed by atoms with Crippen molar-refractivity contribution >= 4 is 11.6 Å². The molecular formula is C16H13ClFNO2. The van der Waals surface area contributed by atoms with Gasteiger partial charge in [-0.3, -0.25) is 0 Å². The van der Waals surface area contributed by atoms with Gasteiger partial charge in [-0.1, -0.05) is 11.6 Å². The van der Waals surface area contributed by atoms with Crippen molar-refractivity contribution in [1.82, 2.24) is 0 Å². The van der Waals surface area contributed by atoms with Crippen molar-refractivity contribution in [3.05, 3.63) is 63.9 Å². The van der Waals surface area contributed by atoms with Crippen LogP contribution in [0.3, 0.4) is 0 Å². The average molecular weight is 306 g/mol. The van der Waals surface area contributed by atoms with Gasteiger partial charge in [-0.05, 0) is 48.9 Å². The van der Waals surface area contributed by atoms with E-state index in [0.717, 1.165) is 6.07 Å². The summed E-state index contributed by atoms with van der Waals surface area (Å²) < 4.78 is 18.9. The summed E-state index contributed by atoms with van der Waals surface area (Å²) >= 11 is 5.89. The SMILES string of the molecule is C[C@@H](O)c1cc(Cl)ccc1OCc1cc(F)cc(C#N)c1. The van der Waals surface area contributed by atoms with E-state index in [4.69, 9.17) is 21.6 Å². The van der Waals surface area contributed by atoms with Crippen LogP contribution in [-0.4, -0.2) is 5.11 Å². The van der Waals surface area contributed by atoms with Gasteiger partial charge >= 0.3 is 0 Å². The van der Waals surface area contributed by atoms with Gasteiger partial charge in [0.15, 0.2) is 0 Å². The summed E-state index contributed by atoms with van der Waals surface area (Å²) in [6.45, 7) is 1.70. The lowest BCUT2D eigenvalue weighted by Gasteiger charge is -2.14. The number of halogens is 2. The maximum absolute atomic E-state index is 13.3. The third kappa shape index (κ3) is 3.94. The lowest BCUT2D eigenvalue weighted by atomic mass is 10.1. The van der Waals surface area contributed by atoms with E-state index in [2.05, 4.69) is 0 Å². The van der Waals surface area contributed by atoms with Gasteiger partial charge < -0.3 is 9.84 Å². The molecule has 0 aliphatic carbocycles. The first-order valence-electron chi connectivity index (χ1n) is 6.29. The summed E-state index contributed by atoms with van der Waals surface area (Å²) in [5, 5.41) is 19.0. The molecule has 0 bridgehead atoms. The molecule has 2 aromatic rings. The summed E-state index contributed by atoms with van der Waals surface area (Å²) in [6, 6.07) is 10.8. The maximum atomic E-state index is 13.3. The minimum absolute atomic E-state index is 0.0911. The molecule has 1 N–H and O–H groups in total. The van der Waals surface area contributed by atoms with E-state index in [1.54, 1.807) is 31.2 Å². The molecule has 0 fully saturated rings. The molecule has 0 saturated carbocycles. The molecular weight excluding hydrogens is 293 g/mol. The van der Waals surface area contributed by atoms with Gasteiger partial charge in [0.25, 0.3) is 0 Å². The van der Waals surface area contributed by atoms with Crippen molar-refractivity contribution in [2.24, 2.45) is 0 Å². The molecule has 0 heterocycles. The average Bonchev–Trinajstić information content (AvgIpc) is 2.45. The summed E-state index contributed by atoms with van der Waals surface area (Å²) in [5.74, 6) is -0.0170. The zero-order chi connectivity index (χ0) is 15.4. The largest absolute Gasteiger partial charge is 0.489 e. The van der Waals surface area contributed by atoms with Crippen molar-refractivity contribution in [3.63, 3.8) is 0 Å². The molecule has 0 saturated heterocycles. The lowest BCUT2D eigenvalue weighted by molar-refractivity contribution is 0.190. The Morgan fingerprint density at radius 1 is 1.33 bits per heavy atom. The van der Waals surface area contributed by atoms with Crippen molar-refractivity contribution in [2.75, 3.05) is 0 Å². The number of ether oxygens (including phenoxy) is 1. The fourth-order valence-corrected chi connectivity index (χ4v) is 2.12. The highest BCUT2D eigenvalue weighted by atomic mass is 35.5. The number of nitriles is 1. The Labute approximate surface area is 127 Å². The van der Waals surface area contributed by atoms with Gasteiger partial charge in [-0.2, -0.15) is 5.26 Å². The topological polar surface area (TPSA) is 53.2 Å². The molecule has 0 aromatic heterocycles. The minimum atomic E-state index is -0.735. The van der Waals surface area contributed by atoms with Crippen LogP contribution in [0, 0.1) is 17.1 Å². The highest BCUT2D eigenvalue weighted by Crippen LogP contribution is 2.29. The second-order valence-electron chi connectivity index (χ2n) is 4.61. The summed E-state index contributed by atoms with van der Waals surface area (Å²) in [6.07, 6.45) is -0.735. The molecule has 1 atom stereocenters. The van der Waals surface area contributed by atoms with Gasteiger partial charge in [0.05, 0.1) is 17.7 Å². The molecule has 0 unspecified atom stereocenters. The number of hydrogen-bond acceptors (Lipinski definition) is 3. The molecule has 3 nitrogen and oxygen atoms in total. The van der Waals surface area contributed by atoms with E-state index in [1.807, 2.05) is 6.07 Å². The van der Waals surface area contributed by atoms with Crippen LogP contribution in [0.5, 0.6) is 5.75 Å². The lowest BCUT2D eigenvalue weighted by Crippen LogP contribution is -2.01. The normalized spacial score (nSPS) is 11.8. The number of aliphatic hydroxyl groups excluding tert-OH is 1. The second-order valence-corrected chi connectivity index (χ2v) is 5.04.